The molecule has 0 bridgehead atoms. The summed E-state index contributed by atoms with van der Waals surface area (Å²) in [6.07, 6.45) is -43.2. The number of Topliss-reactive ketones (excluding diaryl/α,β-unsaturated/α-hetero) is 10. The molecule has 4 rings (SSSR count). The van der Waals surface area contributed by atoms with Crippen LogP contribution in [0, 0.1) is 0 Å². The molecule has 0 aliphatic carbocycles. The van der Waals surface area contributed by atoms with Gasteiger partial charge in [-0.15, -0.1) is 0 Å². The van der Waals surface area contributed by atoms with E-state index in [2.05, 4.69) is 15.9 Å². The third kappa shape index (κ3) is 10.8. The lowest BCUT2D eigenvalue weighted by Crippen LogP contribution is -2.91. The average Bonchev–Trinajstić information content (AvgIpc) is 0.694. The van der Waals surface area contributed by atoms with Gasteiger partial charge in [0, 0.05) is 26.1 Å². The maximum Gasteiger partial charge on any atom is 0.303 e. The highest BCUT2D eigenvalue weighted by Crippen LogP contribution is 2.56. The summed E-state index contributed by atoms with van der Waals surface area (Å²) < 4.78 is 51.0. The van der Waals surface area contributed by atoms with Crippen molar-refractivity contribution in [2.24, 2.45) is 0 Å². The van der Waals surface area contributed by atoms with E-state index in [1.165, 1.54) is 0 Å². The van der Waals surface area contributed by atoms with Crippen molar-refractivity contribution in [2.75, 3.05) is 18.5 Å². The molecular formula is C52H71BrO34. The lowest BCUT2D eigenvalue weighted by molar-refractivity contribution is -0.423. The van der Waals surface area contributed by atoms with Crippen molar-refractivity contribution in [1.82, 2.24) is 0 Å². The Morgan fingerprint density at radius 3 is 1.17 bits per heavy atom. The third-order valence-electron chi connectivity index (χ3n) is 16.5. The molecule has 4 fully saturated rings. The zero-order valence-corrected chi connectivity index (χ0v) is 50.5. The van der Waals surface area contributed by atoms with Crippen LogP contribution in [-0.4, -0.2) is 292 Å². The van der Waals surface area contributed by atoms with Crippen LogP contribution in [0.2, 0.25) is 0 Å². The second-order valence-corrected chi connectivity index (χ2v) is 22.6. The number of hydrogen-bond donors (Lipinski definition) is 12. The molecular weight excluding hydrogens is 1250 g/mol. The molecule has 0 saturated carbocycles. The minimum absolute atomic E-state index is 0.163. The number of rotatable bonds is 24. The number of carbonyl (C=O) groups excluding carboxylic acids is 13. The monoisotopic (exact) mass is 1320 g/mol. The summed E-state index contributed by atoms with van der Waals surface area (Å²) in [4.78, 5) is 177. The number of ether oxygens (including phenoxy) is 9. The van der Waals surface area contributed by atoms with Crippen LogP contribution in [0.25, 0.3) is 0 Å². The molecule has 23 atom stereocenters. The van der Waals surface area contributed by atoms with Gasteiger partial charge in [-0.25, -0.2) is 0 Å². The Balaban J connectivity index is 2.27. The Hall–Kier alpha value is -5.13. The first kappa shape index (κ1) is 74.3. The van der Waals surface area contributed by atoms with E-state index in [4.69, 9.17) is 42.6 Å². The van der Waals surface area contributed by atoms with E-state index in [1.807, 2.05) is 0 Å². The van der Waals surface area contributed by atoms with Crippen molar-refractivity contribution in [3.05, 3.63) is 0 Å². The highest BCUT2D eigenvalue weighted by Gasteiger charge is 2.86. The van der Waals surface area contributed by atoms with Crippen molar-refractivity contribution in [2.45, 2.75) is 226 Å². The predicted octanol–water partition coefficient (Wildman–Crippen LogP) is -8.25. The molecule has 0 amide bonds. The first-order chi connectivity index (χ1) is 39.6. The zero-order valence-electron chi connectivity index (χ0n) is 48.9. The molecule has 0 spiro atoms. The first-order valence-electron chi connectivity index (χ1n) is 26.1. The Bertz CT molecular complexity index is 2840. The van der Waals surface area contributed by atoms with E-state index in [0.29, 0.717) is 69.2 Å². The lowest BCUT2D eigenvalue weighted by atomic mass is 9.55. The molecule has 35 heteroatoms. The first-order valence-corrected chi connectivity index (χ1v) is 27.3. The van der Waals surface area contributed by atoms with E-state index in [1.54, 1.807) is 0 Å². The summed E-state index contributed by atoms with van der Waals surface area (Å²) in [5, 5.41) is 149. The maximum atomic E-state index is 14.2. The van der Waals surface area contributed by atoms with Gasteiger partial charge in [0.15, 0.2) is 116 Å². The van der Waals surface area contributed by atoms with Gasteiger partial charge in [0.25, 0.3) is 0 Å². The topological polar surface area (TPSA) is 548 Å². The second kappa shape index (κ2) is 25.6. The van der Waals surface area contributed by atoms with Crippen LogP contribution >= 0.6 is 15.9 Å². The van der Waals surface area contributed by atoms with Crippen molar-refractivity contribution >= 4 is 91.7 Å². The molecule has 0 aromatic carbocycles. The third-order valence-corrected chi connectivity index (χ3v) is 16.8. The highest BCUT2D eigenvalue weighted by atomic mass is 79.9. The molecule has 490 valence electrons. The number of aliphatic hydroxyl groups is 12. The van der Waals surface area contributed by atoms with Crippen LogP contribution in [-0.2, 0) is 105 Å². The van der Waals surface area contributed by atoms with Gasteiger partial charge in [0.2, 0.25) is 16.8 Å². The fourth-order valence-electron chi connectivity index (χ4n) is 12.1. The summed E-state index contributed by atoms with van der Waals surface area (Å²) in [6, 6.07) is 0. The largest absolute Gasteiger partial charge is 0.463 e. The van der Waals surface area contributed by atoms with Gasteiger partial charge in [0.05, 0.1) is 6.61 Å². The van der Waals surface area contributed by atoms with Crippen molar-refractivity contribution < 1.29 is 166 Å². The second-order valence-electron chi connectivity index (χ2n) is 21.8. The Kier molecular flexibility index (Phi) is 21.9. The SMILES string of the molecule is CC(=O)OC[C@H]1O[C@@H]([C@@]2(O)[C@@H](C(O)C(C)=O)O[C@H](OCCBr)[C@@](O)(C(C)=O)[C@]2(O)C(C)=O)[C@H](OC(C)=O)[C@@H](OC(C)=O)[C@@H]1O[C@@H]1O[C@H](C(O)[C@@H]2O[C@H](C(O)C(C)=O)[C@](O)(C(C)=O)[C@@](O)(C(C)=O)[C@]2(O)C(C)=O)[C@](O)(C(C)=O)[C@@](O)(C(C)=O)[C@]1(O)C(C)=O. The van der Waals surface area contributed by atoms with Crippen LogP contribution < -0.4 is 0 Å². The molecule has 0 aromatic rings. The van der Waals surface area contributed by atoms with E-state index in [-0.39, 0.29) is 19.2 Å². The Morgan fingerprint density at radius 2 is 0.793 bits per heavy atom. The predicted molar refractivity (Wildman–Crippen MR) is 276 cm³/mol. The van der Waals surface area contributed by atoms with Crippen LogP contribution in [0.1, 0.15) is 90.0 Å². The number of ketones is 10. The molecule has 87 heavy (non-hydrogen) atoms. The number of alkyl halides is 1. The minimum Gasteiger partial charge on any atom is -0.463 e. The van der Waals surface area contributed by atoms with Gasteiger partial charge in [-0.05, 0) is 69.2 Å². The number of aliphatic hydroxyl groups excluding tert-OH is 3. The number of hydrogen-bond acceptors (Lipinski definition) is 34. The van der Waals surface area contributed by atoms with E-state index in [9.17, 15) is 124 Å². The zero-order chi connectivity index (χ0) is 67.6. The fourth-order valence-corrected chi connectivity index (χ4v) is 12.3. The van der Waals surface area contributed by atoms with Crippen molar-refractivity contribution in [1.29, 1.82) is 0 Å². The van der Waals surface area contributed by atoms with Gasteiger partial charge < -0.3 is 104 Å². The number of halogens is 1. The van der Waals surface area contributed by atoms with E-state index >= 15 is 0 Å². The van der Waals surface area contributed by atoms with Gasteiger partial charge in [-0.2, -0.15) is 0 Å². The summed E-state index contributed by atoms with van der Waals surface area (Å²) in [5.74, 6) is -22.9. The Morgan fingerprint density at radius 1 is 0.425 bits per heavy atom. The normalized spacial score (nSPS) is 41.3. The van der Waals surface area contributed by atoms with Crippen LogP contribution in [0.5, 0.6) is 0 Å². The van der Waals surface area contributed by atoms with Gasteiger partial charge in [0.1, 0.15) is 67.6 Å². The average molecular weight is 1320 g/mol. The quantitative estimate of drug-likeness (QED) is 0.0243. The molecule has 4 saturated heterocycles. The van der Waals surface area contributed by atoms with Gasteiger partial charge in [-0.3, -0.25) is 62.3 Å². The van der Waals surface area contributed by atoms with Crippen LogP contribution in [0.15, 0.2) is 0 Å². The smallest absolute Gasteiger partial charge is 0.303 e. The van der Waals surface area contributed by atoms with Crippen LogP contribution in [0.4, 0.5) is 0 Å². The molecule has 12 N–H and O–H groups in total. The van der Waals surface area contributed by atoms with Crippen molar-refractivity contribution in [3.63, 3.8) is 0 Å². The Labute approximate surface area is 501 Å². The summed E-state index contributed by atoms with van der Waals surface area (Å²) in [5.41, 5.74) is -39.0. The summed E-state index contributed by atoms with van der Waals surface area (Å²) >= 11 is 3.01. The molecule has 0 radical (unpaired) electrons. The molecule has 4 heterocycles. The minimum atomic E-state index is -4.65. The van der Waals surface area contributed by atoms with Gasteiger partial charge in [-0.1, -0.05) is 15.9 Å². The molecule has 34 nitrogen and oxygen atoms in total. The molecule has 4 aliphatic heterocycles. The standard InChI is InChI=1S/C52H71BrO34/c1-17(54)31(67)37-44(70,19(3)56)50(76,24(8)61)45(71,20(4)57)39(85-37)33(69)40-46(72,21(5)58)51(77,25(9)62)48(74,23(7)60)43(87-40)84-34-30(16-80-27(11)64)83-41(36(82-29(13)66)35(34)81-28(12)65)49(75)38(32(68)18(2)55)86-42(79-15-14-53)47(73,22(6)59)52(49,78)26(10)63/h30-43,67-78H,14-16H2,1-13H3/t30-,31?,32?,33?,34-,35+,36-,37-,38-,39+,40-,41-,42+,43-,44-,45+,46-,47+,48+,49+,50+,51+,52-/m1/s1. The summed E-state index contributed by atoms with van der Waals surface area (Å²) in [6.45, 7) is 3.89. The maximum absolute atomic E-state index is 14.2. The molecule has 0 aromatic heterocycles. The number of esters is 3. The lowest BCUT2D eigenvalue weighted by Gasteiger charge is -2.63. The highest BCUT2D eigenvalue weighted by molar-refractivity contribution is 9.09. The number of carbonyl (C=O) groups is 13. The fraction of sp³-hybridized carbons (Fsp3) is 0.750. The van der Waals surface area contributed by atoms with Crippen molar-refractivity contribution in [3.8, 4) is 0 Å². The molecule has 3 unspecified atom stereocenters. The van der Waals surface area contributed by atoms with Crippen LogP contribution in [0.3, 0.4) is 0 Å². The van der Waals surface area contributed by atoms with Gasteiger partial charge >= 0.3 is 17.9 Å². The van der Waals surface area contributed by atoms with E-state index in [0.717, 1.165) is 6.92 Å². The molecule has 4 aliphatic rings. The summed E-state index contributed by atoms with van der Waals surface area (Å²) in [7, 11) is 0. The van der Waals surface area contributed by atoms with E-state index < -0.39 is 225 Å².